The van der Waals surface area contributed by atoms with E-state index in [4.69, 9.17) is 0 Å². The molecular weight excluding hydrogens is 390 g/mol. The lowest BCUT2D eigenvalue weighted by atomic mass is 10.3. The number of nitrogens with one attached hydrogen (secondary N) is 1. The van der Waals surface area contributed by atoms with Crippen LogP contribution in [0.2, 0.25) is 0 Å². The van der Waals surface area contributed by atoms with Crippen molar-refractivity contribution in [2.45, 2.75) is 19.4 Å². The summed E-state index contributed by atoms with van der Waals surface area (Å²) < 4.78 is 25.8. The van der Waals surface area contributed by atoms with E-state index in [1.54, 1.807) is 16.8 Å². The normalized spacial score (nSPS) is 20.2. The Morgan fingerprint density at radius 2 is 2.27 bits per heavy atom. The van der Waals surface area contributed by atoms with Gasteiger partial charge in [-0.15, -0.1) is 11.3 Å². The van der Waals surface area contributed by atoms with Gasteiger partial charge in [-0.2, -0.15) is 5.10 Å². The fourth-order valence-electron chi connectivity index (χ4n) is 2.47. The molecule has 0 aromatic carbocycles. The van der Waals surface area contributed by atoms with Crippen LogP contribution in [0, 0.1) is 6.92 Å². The van der Waals surface area contributed by atoms with Crippen molar-refractivity contribution >= 4 is 48.8 Å². The van der Waals surface area contributed by atoms with Crippen molar-refractivity contribution in [3.05, 3.63) is 32.6 Å². The summed E-state index contributed by atoms with van der Waals surface area (Å²) in [5, 5.41) is 7.16. The number of carbonyl (C=O) groups is 1. The number of aryl methyl sites for hydroxylation is 1. The molecule has 3 heterocycles. The van der Waals surface area contributed by atoms with E-state index in [1.807, 2.05) is 13.0 Å². The van der Waals surface area contributed by atoms with E-state index in [-0.39, 0.29) is 23.5 Å². The SMILES string of the molecule is Cc1cc(NC(=O)c2ccc(Br)s2)n(C2CCS(=O)(=O)C2)n1. The van der Waals surface area contributed by atoms with E-state index in [0.717, 1.165) is 9.48 Å². The topological polar surface area (TPSA) is 81.1 Å². The van der Waals surface area contributed by atoms with Crippen LogP contribution in [0.25, 0.3) is 0 Å². The molecule has 2 aromatic rings. The number of sulfone groups is 1. The van der Waals surface area contributed by atoms with Crippen LogP contribution < -0.4 is 5.32 Å². The van der Waals surface area contributed by atoms with E-state index in [9.17, 15) is 13.2 Å². The second kappa shape index (κ2) is 5.78. The van der Waals surface area contributed by atoms with Crippen LogP contribution in [-0.4, -0.2) is 35.6 Å². The van der Waals surface area contributed by atoms with E-state index in [2.05, 4.69) is 26.3 Å². The Kier molecular flexibility index (Phi) is 4.13. The average molecular weight is 404 g/mol. The third-order valence-electron chi connectivity index (χ3n) is 3.45. The minimum absolute atomic E-state index is 0.0710. The first-order chi connectivity index (χ1) is 10.3. The standard InChI is InChI=1S/C13H14BrN3O3S2/c1-8-6-12(15-13(18)10-2-3-11(14)21-10)17(16-8)9-4-5-22(19,20)7-9/h2-3,6,9H,4-5,7H2,1H3,(H,15,18). The Bertz CT molecular complexity index is 825. The van der Waals surface area contributed by atoms with E-state index >= 15 is 0 Å². The van der Waals surface area contributed by atoms with Crippen LogP contribution in [0.4, 0.5) is 5.82 Å². The van der Waals surface area contributed by atoms with E-state index in [0.29, 0.717) is 17.1 Å². The minimum Gasteiger partial charge on any atom is -0.306 e. The minimum atomic E-state index is -3.01. The van der Waals surface area contributed by atoms with Gasteiger partial charge in [-0.05, 0) is 41.4 Å². The molecule has 118 valence electrons. The molecule has 0 bridgehead atoms. The predicted octanol–water partition coefficient (Wildman–Crippen LogP) is 2.63. The highest BCUT2D eigenvalue weighted by atomic mass is 79.9. The van der Waals surface area contributed by atoms with E-state index < -0.39 is 9.84 Å². The first kappa shape index (κ1) is 15.7. The average Bonchev–Trinajstić information content (AvgIpc) is 3.09. The van der Waals surface area contributed by atoms with Crippen LogP contribution in [0.15, 0.2) is 22.0 Å². The van der Waals surface area contributed by atoms with Gasteiger partial charge in [-0.3, -0.25) is 4.79 Å². The van der Waals surface area contributed by atoms with Gasteiger partial charge in [-0.25, -0.2) is 13.1 Å². The lowest BCUT2D eigenvalue weighted by Crippen LogP contribution is -2.19. The third-order valence-corrected chi connectivity index (χ3v) is 6.82. The number of rotatable bonds is 3. The Hall–Kier alpha value is -1.19. The maximum atomic E-state index is 12.3. The summed E-state index contributed by atoms with van der Waals surface area (Å²) in [6, 6.07) is 5.08. The van der Waals surface area contributed by atoms with Crippen molar-refractivity contribution in [1.82, 2.24) is 9.78 Å². The van der Waals surface area contributed by atoms with Gasteiger partial charge in [-0.1, -0.05) is 0 Å². The molecule has 1 fully saturated rings. The molecule has 1 atom stereocenters. The summed E-state index contributed by atoms with van der Waals surface area (Å²) >= 11 is 4.66. The Labute approximate surface area is 140 Å². The molecule has 6 nitrogen and oxygen atoms in total. The molecule has 1 aliphatic rings. The number of carbonyl (C=O) groups excluding carboxylic acids is 1. The zero-order chi connectivity index (χ0) is 15.9. The zero-order valence-electron chi connectivity index (χ0n) is 11.7. The Morgan fingerprint density at radius 1 is 1.50 bits per heavy atom. The second-order valence-electron chi connectivity index (χ2n) is 5.23. The van der Waals surface area contributed by atoms with Gasteiger partial charge in [0.2, 0.25) is 0 Å². The summed E-state index contributed by atoms with van der Waals surface area (Å²) in [7, 11) is -3.01. The smallest absolute Gasteiger partial charge is 0.266 e. The van der Waals surface area contributed by atoms with Crippen molar-refractivity contribution in [2.75, 3.05) is 16.8 Å². The van der Waals surface area contributed by atoms with E-state index in [1.165, 1.54) is 11.3 Å². The number of hydrogen-bond acceptors (Lipinski definition) is 5. The van der Waals surface area contributed by atoms with Crippen LogP contribution in [-0.2, 0) is 9.84 Å². The van der Waals surface area contributed by atoms with Crippen LogP contribution in [0.1, 0.15) is 27.8 Å². The summed E-state index contributed by atoms with van der Waals surface area (Å²) in [5.74, 6) is 0.551. The van der Waals surface area contributed by atoms with Gasteiger partial charge in [0, 0.05) is 6.07 Å². The van der Waals surface area contributed by atoms with Crippen LogP contribution in [0.5, 0.6) is 0 Å². The maximum Gasteiger partial charge on any atom is 0.266 e. The number of amides is 1. The van der Waals surface area contributed by atoms with Crippen molar-refractivity contribution in [3.63, 3.8) is 0 Å². The largest absolute Gasteiger partial charge is 0.306 e. The lowest BCUT2D eigenvalue weighted by Gasteiger charge is -2.13. The quantitative estimate of drug-likeness (QED) is 0.853. The molecule has 0 saturated carbocycles. The second-order valence-corrected chi connectivity index (χ2v) is 9.92. The third kappa shape index (κ3) is 3.26. The lowest BCUT2D eigenvalue weighted by molar-refractivity contribution is 0.102. The molecule has 1 unspecified atom stereocenters. The Balaban J connectivity index is 1.84. The van der Waals surface area contributed by atoms with Gasteiger partial charge >= 0.3 is 0 Å². The highest BCUT2D eigenvalue weighted by Gasteiger charge is 2.31. The summed E-state index contributed by atoms with van der Waals surface area (Å²) in [5.41, 5.74) is 0.743. The number of hydrogen-bond donors (Lipinski definition) is 1. The first-order valence-electron chi connectivity index (χ1n) is 6.67. The fraction of sp³-hybridized carbons (Fsp3) is 0.385. The van der Waals surface area contributed by atoms with Crippen molar-refractivity contribution in [1.29, 1.82) is 0 Å². The molecule has 3 rings (SSSR count). The molecule has 1 saturated heterocycles. The number of anilines is 1. The molecular formula is C13H14BrN3O3S2. The fourth-order valence-corrected chi connectivity index (χ4v) is 5.44. The number of aromatic nitrogens is 2. The number of nitrogens with zero attached hydrogens (tertiary/aromatic N) is 2. The zero-order valence-corrected chi connectivity index (χ0v) is 15.0. The van der Waals surface area contributed by atoms with Gasteiger partial charge in [0.15, 0.2) is 9.84 Å². The summed E-state index contributed by atoms with van der Waals surface area (Å²) in [6.45, 7) is 1.82. The molecule has 0 aliphatic carbocycles. The van der Waals surface area contributed by atoms with Crippen molar-refractivity contribution in [2.24, 2.45) is 0 Å². The molecule has 1 aliphatic heterocycles. The molecule has 2 aromatic heterocycles. The molecule has 1 N–H and O–H groups in total. The van der Waals surface area contributed by atoms with Gasteiger partial charge in [0.05, 0.1) is 31.9 Å². The highest BCUT2D eigenvalue weighted by molar-refractivity contribution is 9.11. The Morgan fingerprint density at radius 3 is 2.86 bits per heavy atom. The number of thiophene rings is 1. The predicted molar refractivity (Wildman–Crippen MR) is 89.2 cm³/mol. The first-order valence-corrected chi connectivity index (χ1v) is 10.1. The van der Waals surface area contributed by atoms with Gasteiger partial charge < -0.3 is 5.32 Å². The molecule has 0 radical (unpaired) electrons. The molecule has 0 spiro atoms. The molecule has 22 heavy (non-hydrogen) atoms. The summed E-state index contributed by atoms with van der Waals surface area (Å²) in [6.07, 6.45) is 0.525. The van der Waals surface area contributed by atoms with Gasteiger partial charge in [0.1, 0.15) is 5.82 Å². The molecule has 9 heteroatoms. The summed E-state index contributed by atoms with van der Waals surface area (Å²) in [4.78, 5) is 12.8. The molecule has 1 amide bonds. The monoisotopic (exact) mass is 403 g/mol. The van der Waals surface area contributed by atoms with Crippen molar-refractivity contribution < 1.29 is 13.2 Å². The van der Waals surface area contributed by atoms with Crippen LogP contribution >= 0.6 is 27.3 Å². The maximum absolute atomic E-state index is 12.3. The van der Waals surface area contributed by atoms with Crippen LogP contribution in [0.3, 0.4) is 0 Å². The van der Waals surface area contributed by atoms with Gasteiger partial charge in [0.25, 0.3) is 5.91 Å². The van der Waals surface area contributed by atoms with Crippen molar-refractivity contribution in [3.8, 4) is 0 Å². The highest BCUT2D eigenvalue weighted by Crippen LogP contribution is 2.28. The number of halogens is 1.